The van der Waals surface area contributed by atoms with Crippen molar-refractivity contribution in [3.63, 3.8) is 0 Å². The molecule has 1 heterocycles. The predicted molar refractivity (Wildman–Crippen MR) is 135 cm³/mol. The quantitative estimate of drug-likeness (QED) is 0.339. The maximum absolute atomic E-state index is 11.2. The third-order valence-electron chi connectivity index (χ3n) is 7.58. The Labute approximate surface area is 198 Å². The molecule has 0 spiro atoms. The first-order valence-corrected chi connectivity index (χ1v) is 12.6. The highest BCUT2D eigenvalue weighted by molar-refractivity contribution is 6.30. The molecule has 2 aliphatic rings. The Bertz CT molecular complexity index is 923. The molecule has 2 aromatic rings. The van der Waals surface area contributed by atoms with Gasteiger partial charge in [-0.05, 0) is 60.9 Å². The first kappa shape index (κ1) is 23.3. The second kappa shape index (κ2) is 10.4. The van der Waals surface area contributed by atoms with Crippen LogP contribution < -0.4 is 0 Å². The van der Waals surface area contributed by atoms with Crippen molar-refractivity contribution in [1.29, 1.82) is 0 Å². The van der Waals surface area contributed by atoms with Crippen molar-refractivity contribution in [2.24, 2.45) is 0 Å². The highest BCUT2D eigenvalue weighted by atomic mass is 35.5. The van der Waals surface area contributed by atoms with Gasteiger partial charge in [-0.3, -0.25) is 0 Å². The van der Waals surface area contributed by atoms with Gasteiger partial charge < -0.3 is 9.59 Å². The molecule has 1 aliphatic carbocycles. The molecule has 1 saturated heterocycles. The number of piperidine rings is 1. The second-order valence-corrected chi connectivity index (χ2v) is 10.4. The first-order valence-electron chi connectivity index (χ1n) is 12.2. The van der Waals surface area contributed by atoms with E-state index in [0.29, 0.717) is 5.92 Å². The third-order valence-corrected chi connectivity index (χ3v) is 7.83. The van der Waals surface area contributed by atoms with Gasteiger partial charge in [0.25, 0.3) is 0 Å². The van der Waals surface area contributed by atoms with Gasteiger partial charge in [-0.1, -0.05) is 72.3 Å². The summed E-state index contributed by atoms with van der Waals surface area (Å²) < 4.78 is 1.06. The van der Waals surface area contributed by atoms with Crippen molar-refractivity contribution in [2.75, 3.05) is 26.7 Å². The van der Waals surface area contributed by atoms with E-state index in [2.05, 4.69) is 55.6 Å². The Hall–Kier alpha value is -1.87. The van der Waals surface area contributed by atoms with Gasteiger partial charge in [0.1, 0.15) is 5.60 Å². The van der Waals surface area contributed by atoms with Gasteiger partial charge in [-0.15, -0.1) is 0 Å². The summed E-state index contributed by atoms with van der Waals surface area (Å²) in [5, 5.41) is 11.9. The molecule has 170 valence electrons. The fraction of sp³-hybridized carbons (Fsp3) is 0.448. The van der Waals surface area contributed by atoms with Crippen LogP contribution in [0.1, 0.15) is 62.0 Å². The lowest BCUT2D eigenvalue weighted by Crippen LogP contribution is -2.54. The van der Waals surface area contributed by atoms with Crippen LogP contribution in [-0.4, -0.2) is 36.3 Å². The van der Waals surface area contributed by atoms with Crippen LogP contribution in [0.3, 0.4) is 0 Å². The Kier molecular flexibility index (Phi) is 7.55. The molecule has 1 unspecified atom stereocenters. The van der Waals surface area contributed by atoms with E-state index in [-0.39, 0.29) is 0 Å². The summed E-state index contributed by atoms with van der Waals surface area (Å²) in [6.07, 6.45) is 14.7. The fourth-order valence-corrected chi connectivity index (χ4v) is 5.49. The number of aliphatic hydroxyl groups is 1. The molecule has 1 atom stereocenters. The topological polar surface area (TPSA) is 20.2 Å². The van der Waals surface area contributed by atoms with Gasteiger partial charge in [0.2, 0.25) is 0 Å². The maximum atomic E-state index is 11.2. The van der Waals surface area contributed by atoms with Gasteiger partial charge in [-0.2, -0.15) is 0 Å². The Morgan fingerprint density at radius 3 is 2.34 bits per heavy atom. The van der Waals surface area contributed by atoms with E-state index in [1.807, 2.05) is 24.3 Å². The lowest BCUT2D eigenvalue weighted by molar-refractivity contribution is -0.917. The van der Waals surface area contributed by atoms with Crippen LogP contribution in [0.4, 0.5) is 0 Å². The largest absolute Gasteiger partial charge is 0.385 e. The number of allylic oxidation sites excluding steroid dienone is 4. The van der Waals surface area contributed by atoms with E-state index in [9.17, 15) is 5.11 Å². The lowest BCUT2D eigenvalue weighted by Gasteiger charge is -2.44. The molecule has 32 heavy (non-hydrogen) atoms. The van der Waals surface area contributed by atoms with Crippen LogP contribution in [0.15, 0.2) is 78.4 Å². The van der Waals surface area contributed by atoms with Crippen LogP contribution in [0, 0.1) is 0 Å². The van der Waals surface area contributed by atoms with E-state index < -0.39 is 5.60 Å². The van der Waals surface area contributed by atoms with Crippen LogP contribution in [-0.2, 0) is 5.60 Å². The standard InChI is InChI=1S/C29H37ClNO/c1-31(22-19-29(32,20-23-31)26-15-17-27(30)18-16-26)21-9-8-14-28(24-10-4-2-5-11-24)25-12-6-3-7-13-25/h2,4-6,10-13,15-18,28,32H,3,7-9,14,19-23H2,1H3/q+1. The van der Waals surface area contributed by atoms with E-state index >= 15 is 0 Å². The lowest BCUT2D eigenvalue weighted by atomic mass is 9.83. The van der Waals surface area contributed by atoms with Crippen molar-refractivity contribution >= 4 is 11.6 Å². The SMILES string of the molecule is C[N+]1(CCCCC(C2=CCCC=C2)c2ccccc2)CCC(O)(c2ccc(Cl)cc2)CC1. The summed E-state index contributed by atoms with van der Waals surface area (Å²) in [5.74, 6) is 0.509. The third kappa shape index (κ3) is 5.73. The molecular formula is C29H37ClNO+. The normalized spacial score (nSPS) is 26.5. The fourth-order valence-electron chi connectivity index (χ4n) is 5.36. The van der Waals surface area contributed by atoms with Crippen molar-refractivity contribution < 1.29 is 9.59 Å². The minimum atomic E-state index is -0.708. The molecule has 1 aliphatic heterocycles. The number of hydrogen-bond acceptors (Lipinski definition) is 1. The van der Waals surface area contributed by atoms with Crippen molar-refractivity contribution in [3.8, 4) is 0 Å². The smallest absolute Gasteiger partial charge is 0.100 e. The zero-order valence-electron chi connectivity index (χ0n) is 19.3. The zero-order chi connectivity index (χ0) is 22.4. The van der Waals surface area contributed by atoms with Crippen LogP contribution >= 0.6 is 11.6 Å². The summed E-state index contributed by atoms with van der Waals surface area (Å²) >= 11 is 6.03. The van der Waals surface area contributed by atoms with E-state index in [4.69, 9.17) is 11.6 Å². The zero-order valence-corrected chi connectivity index (χ0v) is 20.1. The molecule has 0 radical (unpaired) electrons. The van der Waals surface area contributed by atoms with Crippen LogP contribution in [0.25, 0.3) is 0 Å². The number of rotatable bonds is 8. The van der Waals surface area contributed by atoms with Gasteiger partial charge in [-0.25, -0.2) is 0 Å². The second-order valence-electron chi connectivity index (χ2n) is 9.97. The molecule has 0 aromatic heterocycles. The van der Waals surface area contributed by atoms with E-state index in [1.165, 1.54) is 49.8 Å². The number of hydrogen-bond donors (Lipinski definition) is 1. The predicted octanol–water partition coefficient (Wildman–Crippen LogP) is 7.00. The van der Waals surface area contributed by atoms with Gasteiger partial charge in [0, 0.05) is 23.8 Å². The molecule has 1 fully saturated rings. The summed E-state index contributed by atoms with van der Waals surface area (Å²) in [4.78, 5) is 0. The molecule has 0 saturated carbocycles. The average Bonchev–Trinajstić information content (AvgIpc) is 2.83. The molecule has 0 amide bonds. The van der Waals surface area contributed by atoms with E-state index in [0.717, 1.165) is 41.0 Å². The summed E-state index contributed by atoms with van der Waals surface area (Å²) in [5.41, 5.74) is 3.23. The molecular weight excluding hydrogens is 414 g/mol. The van der Waals surface area contributed by atoms with Gasteiger partial charge >= 0.3 is 0 Å². The van der Waals surface area contributed by atoms with Crippen molar-refractivity contribution in [2.45, 2.75) is 56.5 Å². The maximum Gasteiger partial charge on any atom is 0.100 e. The summed E-state index contributed by atoms with van der Waals surface area (Å²) in [6, 6.07) is 18.7. The minimum absolute atomic E-state index is 0.509. The number of halogens is 1. The van der Waals surface area contributed by atoms with Gasteiger partial charge in [0.15, 0.2) is 0 Å². The number of benzene rings is 2. The van der Waals surface area contributed by atoms with Gasteiger partial charge in [0.05, 0.1) is 26.7 Å². The van der Waals surface area contributed by atoms with Crippen LogP contribution in [0.5, 0.6) is 0 Å². The summed E-state index contributed by atoms with van der Waals surface area (Å²) in [7, 11) is 2.36. The first-order chi connectivity index (χ1) is 15.5. The highest BCUT2D eigenvalue weighted by Gasteiger charge is 2.40. The highest BCUT2D eigenvalue weighted by Crippen LogP contribution is 2.36. The monoisotopic (exact) mass is 450 g/mol. The van der Waals surface area contributed by atoms with Crippen molar-refractivity contribution in [1.82, 2.24) is 0 Å². The Balaban J connectivity index is 1.30. The minimum Gasteiger partial charge on any atom is -0.385 e. The Morgan fingerprint density at radius 2 is 1.69 bits per heavy atom. The Morgan fingerprint density at radius 1 is 0.969 bits per heavy atom. The molecule has 4 rings (SSSR count). The van der Waals surface area contributed by atoms with Crippen molar-refractivity contribution in [3.05, 3.63) is 94.5 Å². The number of nitrogens with zero attached hydrogens (tertiary/aromatic N) is 1. The number of unbranched alkanes of at least 4 members (excludes halogenated alkanes) is 1. The molecule has 2 nitrogen and oxygen atoms in total. The molecule has 2 aromatic carbocycles. The van der Waals surface area contributed by atoms with E-state index in [1.54, 1.807) is 0 Å². The molecule has 0 bridgehead atoms. The van der Waals surface area contributed by atoms with Crippen LogP contribution in [0.2, 0.25) is 5.02 Å². The summed E-state index contributed by atoms with van der Waals surface area (Å²) in [6.45, 7) is 3.23. The number of quaternary nitrogens is 1. The molecule has 1 N–H and O–H groups in total. The average molecular weight is 451 g/mol. The molecule has 3 heteroatoms. The number of likely N-dealkylation sites (tertiary alicyclic amines) is 1.